The Labute approximate surface area is 125 Å². The second kappa shape index (κ2) is 7.29. The van der Waals surface area contributed by atoms with Gasteiger partial charge in [0.25, 0.3) is 0 Å². The number of nitrogens with zero attached hydrogens (tertiary/aromatic N) is 1. The first-order valence-corrected chi connectivity index (χ1v) is 7.42. The van der Waals surface area contributed by atoms with Crippen molar-refractivity contribution >= 4 is 27.3 Å². The molecule has 0 amide bonds. The number of nitrogens with one attached hydrogen (secondary N) is 1. The van der Waals surface area contributed by atoms with Crippen LogP contribution in [0.3, 0.4) is 0 Å². The van der Waals surface area contributed by atoms with Crippen LogP contribution in [-0.4, -0.2) is 6.61 Å². The third-order valence-electron chi connectivity index (χ3n) is 2.48. The van der Waals surface area contributed by atoms with Crippen molar-refractivity contribution < 1.29 is 4.74 Å². The molecule has 0 saturated carbocycles. The molecular weight excluding hydrogens is 324 g/mol. The molecule has 1 N–H and O–H groups in total. The minimum absolute atomic E-state index is 0.0881. The zero-order valence-corrected chi connectivity index (χ0v) is 12.6. The first kappa shape index (κ1) is 14.1. The van der Waals surface area contributed by atoms with Gasteiger partial charge < -0.3 is 10.1 Å². The van der Waals surface area contributed by atoms with Gasteiger partial charge in [0.05, 0.1) is 3.79 Å². The van der Waals surface area contributed by atoms with Crippen LogP contribution in [0.4, 0.5) is 0 Å². The molecule has 0 aliphatic carbocycles. The molecule has 19 heavy (non-hydrogen) atoms. The van der Waals surface area contributed by atoms with Crippen LogP contribution in [0, 0.1) is 11.3 Å². The summed E-state index contributed by atoms with van der Waals surface area (Å²) in [6, 6.07) is 13.9. The lowest BCUT2D eigenvalue weighted by Gasteiger charge is -2.05. The second-order valence-corrected chi connectivity index (χ2v) is 6.45. The summed E-state index contributed by atoms with van der Waals surface area (Å²) in [4.78, 5) is 1.31. The van der Waals surface area contributed by atoms with E-state index in [0.29, 0.717) is 0 Å². The fourth-order valence-electron chi connectivity index (χ4n) is 1.60. The van der Waals surface area contributed by atoms with E-state index in [1.54, 1.807) is 11.3 Å². The number of benzene rings is 1. The zero-order valence-electron chi connectivity index (χ0n) is 10.2. The molecule has 5 heteroatoms. The van der Waals surface area contributed by atoms with Crippen LogP contribution in [0.25, 0.3) is 0 Å². The molecule has 2 aromatic rings. The number of hydrogen-bond acceptors (Lipinski definition) is 4. The maximum Gasteiger partial charge on any atom is 0.174 e. The van der Waals surface area contributed by atoms with Gasteiger partial charge in [-0.1, -0.05) is 12.1 Å². The molecule has 0 aliphatic rings. The van der Waals surface area contributed by atoms with Crippen LogP contribution in [0.5, 0.6) is 5.75 Å². The topological polar surface area (TPSA) is 45.0 Å². The summed E-state index contributed by atoms with van der Waals surface area (Å²) in [6.45, 7) is 1.77. The molecule has 0 saturated heterocycles. The molecule has 0 bridgehead atoms. The van der Waals surface area contributed by atoms with Crippen LogP contribution in [0.2, 0.25) is 0 Å². The number of thiophene rings is 1. The summed E-state index contributed by atoms with van der Waals surface area (Å²) >= 11 is 5.19. The van der Waals surface area contributed by atoms with Crippen molar-refractivity contribution in [2.24, 2.45) is 0 Å². The predicted octanol–water partition coefficient (Wildman–Crippen LogP) is 3.70. The van der Waals surface area contributed by atoms with Gasteiger partial charge in [0.1, 0.15) is 11.8 Å². The highest BCUT2D eigenvalue weighted by Crippen LogP contribution is 2.21. The van der Waals surface area contributed by atoms with Crippen molar-refractivity contribution in [2.75, 3.05) is 6.61 Å². The highest BCUT2D eigenvalue weighted by Gasteiger charge is 1.98. The monoisotopic (exact) mass is 336 g/mol. The van der Waals surface area contributed by atoms with Gasteiger partial charge in [0.2, 0.25) is 0 Å². The Balaban J connectivity index is 1.78. The third-order valence-corrected chi connectivity index (χ3v) is 4.11. The zero-order chi connectivity index (χ0) is 13.5. The van der Waals surface area contributed by atoms with E-state index in [4.69, 9.17) is 10.00 Å². The molecule has 0 unspecified atom stereocenters. The smallest absolute Gasteiger partial charge is 0.174 e. The van der Waals surface area contributed by atoms with Gasteiger partial charge in [-0.25, -0.2) is 0 Å². The van der Waals surface area contributed by atoms with Crippen LogP contribution < -0.4 is 10.1 Å². The van der Waals surface area contributed by atoms with Gasteiger partial charge in [-0.15, -0.1) is 11.3 Å². The molecule has 1 heterocycles. The molecule has 3 nitrogen and oxygen atoms in total. The molecule has 0 spiro atoms. The van der Waals surface area contributed by atoms with Gasteiger partial charge in [-0.3, -0.25) is 0 Å². The number of ether oxygens (including phenoxy) is 1. The first-order chi connectivity index (χ1) is 9.28. The Morgan fingerprint density at radius 2 is 1.95 bits per heavy atom. The molecule has 0 aliphatic heterocycles. The standard InChI is InChI=1S/C14H13BrN2OS/c15-14-6-5-13(19-14)10-17-9-11-1-3-12(4-2-11)18-8-7-16/h1-6,17H,8-10H2. The van der Waals surface area contributed by atoms with Crippen LogP contribution in [0.1, 0.15) is 10.4 Å². The van der Waals surface area contributed by atoms with E-state index >= 15 is 0 Å². The lowest BCUT2D eigenvalue weighted by molar-refractivity contribution is 0.368. The average Bonchev–Trinajstić information content (AvgIpc) is 2.84. The molecule has 0 atom stereocenters. The number of nitriles is 1. The maximum absolute atomic E-state index is 8.42. The van der Waals surface area contributed by atoms with Gasteiger partial charge in [-0.2, -0.15) is 5.26 Å². The Morgan fingerprint density at radius 3 is 2.58 bits per heavy atom. The van der Waals surface area contributed by atoms with E-state index in [1.807, 2.05) is 30.3 Å². The SMILES string of the molecule is N#CCOc1ccc(CNCc2ccc(Br)s2)cc1. The molecular formula is C14H13BrN2OS. The normalized spacial score (nSPS) is 10.1. The largest absolute Gasteiger partial charge is 0.479 e. The number of halogens is 1. The Hall–Kier alpha value is -1.35. The van der Waals surface area contributed by atoms with Crippen LogP contribution >= 0.6 is 27.3 Å². The van der Waals surface area contributed by atoms with E-state index in [2.05, 4.69) is 33.4 Å². The molecule has 1 aromatic carbocycles. The summed E-state index contributed by atoms with van der Waals surface area (Å²) in [5.74, 6) is 0.729. The van der Waals surface area contributed by atoms with E-state index in [-0.39, 0.29) is 6.61 Å². The van der Waals surface area contributed by atoms with Gasteiger partial charge in [-0.05, 0) is 45.8 Å². The predicted molar refractivity (Wildman–Crippen MR) is 80.1 cm³/mol. The summed E-state index contributed by atoms with van der Waals surface area (Å²) in [5.41, 5.74) is 1.19. The van der Waals surface area contributed by atoms with Crippen LogP contribution in [0.15, 0.2) is 40.2 Å². The van der Waals surface area contributed by atoms with Crippen molar-refractivity contribution in [3.05, 3.63) is 50.6 Å². The van der Waals surface area contributed by atoms with Crippen molar-refractivity contribution in [1.29, 1.82) is 5.26 Å². The highest BCUT2D eigenvalue weighted by atomic mass is 79.9. The number of hydrogen-bond donors (Lipinski definition) is 1. The quantitative estimate of drug-likeness (QED) is 0.874. The van der Waals surface area contributed by atoms with Crippen molar-refractivity contribution in [1.82, 2.24) is 5.32 Å². The van der Waals surface area contributed by atoms with E-state index < -0.39 is 0 Å². The van der Waals surface area contributed by atoms with Gasteiger partial charge in [0, 0.05) is 18.0 Å². The van der Waals surface area contributed by atoms with Crippen LogP contribution in [-0.2, 0) is 13.1 Å². The third kappa shape index (κ3) is 4.67. The Kier molecular flexibility index (Phi) is 5.40. The Morgan fingerprint density at radius 1 is 1.16 bits per heavy atom. The Bertz CT molecular complexity index is 560. The van der Waals surface area contributed by atoms with Gasteiger partial charge >= 0.3 is 0 Å². The lowest BCUT2D eigenvalue weighted by atomic mass is 10.2. The fourth-order valence-corrected chi connectivity index (χ4v) is 3.05. The van der Waals surface area contributed by atoms with Crippen molar-refractivity contribution in [3.63, 3.8) is 0 Å². The minimum Gasteiger partial charge on any atom is -0.479 e. The maximum atomic E-state index is 8.42. The first-order valence-electron chi connectivity index (χ1n) is 5.81. The summed E-state index contributed by atoms with van der Waals surface area (Å²) in [5, 5.41) is 11.8. The molecule has 1 aromatic heterocycles. The molecule has 98 valence electrons. The molecule has 0 fully saturated rings. The molecule has 2 rings (SSSR count). The van der Waals surface area contributed by atoms with E-state index in [1.165, 1.54) is 10.4 Å². The number of rotatable bonds is 6. The summed E-state index contributed by atoms with van der Waals surface area (Å²) < 4.78 is 6.36. The van der Waals surface area contributed by atoms with Gasteiger partial charge in [0.15, 0.2) is 6.61 Å². The lowest BCUT2D eigenvalue weighted by Crippen LogP contribution is -2.11. The highest BCUT2D eigenvalue weighted by molar-refractivity contribution is 9.11. The fraction of sp³-hybridized carbons (Fsp3) is 0.214. The average molecular weight is 337 g/mol. The van der Waals surface area contributed by atoms with E-state index in [9.17, 15) is 0 Å². The second-order valence-electron chi connectivity index (χ2n) is 3.90. The van der Waals surface area contributed by atoms with Crippen molar-refractivity contribution in [2.45, 2.75) is 13.1 Å². The van der Waals surface area contributed by atoms with Crippen molar-refractivity contribution in [3.8, 4) is 11.8 Å². The minimum atomic E-state index is 0.0881. The summed E-state index contributed by atoms with van der Waals surface area (Å²) in [6.07, 6.45) is 0. The summed E-state index contributed by atoms with van der Waals surface area (Å²) in [7, 11) is 0. The molecule has 0 radical (unpaired) electrons. The van der Waals surface area contributed by atoms with E-state index in [0.717, 1.165) is 22.6 Å².